The molecule has 2 heterocycles. The second kappa shape index (κ2) is 3.95. The third-order valence-corrected chi connectivity index (χ3v) is 1.40. The molecule has 2 rings (SSSR count). The Kier molecular flexibility index (Phi) is 2.91. The first-order valence-corrected chi connectivity index (χ1v) is 4.08. The van der Waals surface area contributed by atoms with Crippen LogP contribution in [0.2, 0.25) is 0 Å². The van der Waals surface area contributed by atoms with E-state index in [9.17, 15) is 0 Å². The van der Waals surface area contributed by atoms with Crippen LogP contribution in [0.15, 0.2) is 12.3 Å². The van der Waals surface area contributed by atoms with Crippen LogP contribution >= 0.6 is 0 Å². The van der Waals surface area contributed by atoms with E-state index in [0.29, 0.717) is 6.79 Å². The highest BCUT2D eigenvalue weighted by Gasteiger charge is 2.12. The van der Waals surface area contributed by atoms with Crippen molar-refractivity contribution >= 4 is 0 Å². The van der Waals surface area contributed by atoms with E-state index in [1.807, 2.05) is 26.8 Å². The monoisotopic (exact) mass is 167 g/mol. The molecule has 1 aromatic heterocycles. The highest BCUT2D eigenvalue weighted by Crippen LogP contribution is 2.30. The average molecular weight is 167 g/mol. The zero-order chi connectivity index (χ0) is 8.97. The summed E-state index contributed by atoms with van der Waals surface area (Å²) in [6.45, 7) is 6.24. The van der Waals surface area contributed by atoms with E-state index in [0.717, 1.165) is 17.2 Å². The first kappa shape index (κ1) is 8.84. The quantitative estimate of drug-likeness (QED) is 0.593. The van der Waals surface area contributed by atoms with Gasteiger partial charge in [0.15, 0.2) is 11.5 Å². The maximum Gasteiger partial charge on any atom is 0.231 e. The van der Waals surface area contributed by atoms with Crippen molar-refractivity contribution in [3.63, 3.8) is 0 Å². The molecule has 0 amide bonds. The fraction of sp³-hybridized carbons (Fsp3) is 0.444. The molecule has 1 aromatic rings. The Balaban J connectivity index is 0.000000336. The summed E-state index contributed by atoms with van der Waals surface area (Å²) in [7, 11) is 0. The van der Waals surface area contributed by atoms with Crippen molar-refractivity contribution in [2.24, 2.45) is 0 Å². The van der Waals surface area contributed by atoms with Gasteiger partial charge in [-0.1, -0.05) is 13.8 Å². The SMILES string of the molecule is CC.Cc1cc2c(cn1)OCO2. The van der Waals surface area contributed by atoms with Gasteiger partial charge in [-0.05, 0) is 6.92 Å². The van der Waals surface area contributed by atoms with E-state index < -0.39 is 0 Å². The molecule has 3 nitrogen and oxygen atoms in total. The molecule has 1 aliphatic heterocycles. The number of aryl methyl sites for hydroxylation is 1. The summed E-state index contributed by atoms with van der Waals surface area (Å²) in [6.07, 6.45) is 1.68. The van der Waals surface area contributed by atoms with Gasteiger partial charge in [0.25, 0.3) is 0 Å². The van der Waals surface area contributed by atoms with E-state index in [-0.39, 0.29) is 0 Å². The lowest BCUT2D eigenvalue weighted by molar-refractivity contribution is 0.174. The Labute approximate surface area is 72.3 Å². The topological polar surface area (TPSA) is 31.4 Å². The lowest BCUT2D eigenvalue weighted by atomic mass is 10.3. The van der Waals surface area contributed by atoms with Crippen LogP contribution in [0.25, 0.3) is 0 Å². The number of hydrogen-bond donors (Lipinski definition) is 0. The molecule has 0 N–H and O–H groups in total. The molecule has 12 heavy (non-hydrogen) atoms. The fourth-order valence-electron chi connectivity index (χ4n) is 0.900. The van der Waals surface area contributed by atoms with Crippen molar-refractivity contribution in [2.75, 3.05) is 6.79 Å². The molecule has 0 bridgehead atoms. The number of ether oxygens (including phenoxy) is 2. The first-order valence-electron chi connectivity index (χ1n) is 4.08. The van der Waals surface area contributed by atoms with Crippen molar-refractivity contribution < 1.29 is 9.47 Å². The molecule has 0 aliphatic carbocycles. The van der Waals surface area contributed by atoms with Gasteiger partial charge in [-0.25, -0.2) is 0 Å². The van der Waals surface area contributed by atoms with Gasteiger partial charge in [-0.15, -0.1) is 0 Å². The predicted octanol–water partition coefficient (Wildman–Crippen LogP) is 2.14. The molecule has 66 valence electrons. The zero-order valence-corrected chi connectivity index (χ0v) is 7.63. The summed E-state index contributed by atoms with van der Waals surface area (Å²) in [6, 6.07) is 1.86. The van der Waals surface area contributed by atoms with Gasteiger partial charge in [0.05, 0.1) is 6.20 Å². The second-order valence-corrected chi connectivity index (χ2v) is 2.18. The largest absolute Gasteiger partial charge is 0.453 e. The van der Waals surface area contributed by atoms with Crippen molar-refractivity contribution in [2.45, 2.75) is 20.8 Å². The number of fused-ring (bicyclic) bond motifs is 1. The number of hydrogen-bond acceptors (Lipinski definition) is 3. The third-order valence-electron chi connectivity index (χ3n) is 1.40. The highest BCUT2D eigenvalue weighted by atomic mass is 16.7. The number of rotatable bonds is 0. The normalized spacial score (nSPS) is 11.9. The van der Waals surface area contributed by atoms with Gasteiger partial charge in [0.2, 0.25) is 6.79 Å². The van der Waals surface area contributed by atoms with Gasteiger partial charge >= 0.3 is 0 Å². The van der Waals surface area contributed by atoms with Gasteiger partial charge in [-0.3, -0.25) is 4.98 Å². The maximum atomic E-state index is 5.12. The average Bonchev–Trinajstić information content (AvgIpc) is 2.54. The van der Waals surface area contributed by atoms with Gasteiger partial charge < -0.3 is 9.47 Å². The Bertz CT molecular complexity index is 261. The maximum absolute atomic E-state index is 5.12. The van der Waals surface area contributed by atoms with E-state index in [2.05, 4.69) is 4.98 Å². The zero-order valence-electron chi connectivity index (χ0n) is 7.63. The van der Waals surface area contributed by atoms with Gasteiger partial charge in [0.1, 0.15) is 0 Å². The standard InChI is InChI=1S/C7H7NO2.C2H6/c1-5-2-6-7(3-8-5)10-4-9-6;1-2/h2-3H,4H2,1H3;1-2H3. The minimum atomic E-state index is 0.320. The molecule has 0 atom stereocenters. The molecule has 0 aromatic carbocycles. The van der Waals surface area contributed by atoms with Crippen LogP contribution in [0.4, 0.5) is 0 Å². The molecule has 0 saturated carbocycles. The molecular formula is C9H13NO2. The van der Waals surface area contributed by atoms with Crippen molar-refractivity contribution in [1.82, 2.24) is 4.98 Å². The summed E-state index contributed by atoms with van der Waals surface area (Å²) in [5.74, 6) is 1.54. The Morgan fingerprint density at radius 3 is 2.67 bits per heavy atom. The molecular weight excluding hydrogens is 154 g/mol. The Morgan fingerprint density at radius 1 is 1.25 bits per heavy atom. The number of nitrogens with zero attached hydrogens (tertiary/aromatic N) is 1. The number of pyridine rings is 1. The van der Waals surface area contributed by atoms with E-state index >= 15 is 0 Å². The molecule has 3 heteroatoms. The van der Waals surface area contributed by atoms with Crippen LogP contribution in [0.1, 0.15) is 19.5 Å². The summed E-state index contributed by atoms with van der Waals surface area (Å²) >= 11 is 0. The predicted molar refractivity (Wildman–Crippen MR) is 46.4 cm³/mol. The summed E-state index contributed by atoms with van der Waals surface area (Å²) < 4.78 is 10.2. The van der Waals surface area contributed by atoms with Crippen LogP contribution in [0, 0.1) is 6.92 Å². The fourth-order valence-corrected chi connectivity index (χ4v) is 0.900. The van der Waals surface area contributed by atoms with Crippen molar-refractivity contribution in [1.29, 1.82) is 0 Å². The summed E-state index contributed by atoms with van der Waals surface area (Å²) in [4.78, 5) is 4.05. The summed E-state index contributed by atoms with van der Waals surface area (Å²) in [5.41, 5.74) is 0.948. The highest BCUT2D eigenvalue weighted by molar-refractivity contribution is 5.40. The minimum absolute atomic E-state index is 0.320. The number of aromatic nitrogens is 1. The van der Waals surface area contributed by atoms with Gasteiger partial charge in [0, 0.05) is 11.8 Å². The smallest absolute Gasteiger partial charge is 0.231 e. The second-order valence-electron chi connectivity index (χ2n) is 2.18. The molecule has 0 saturated heterocycles. The van der Waals surface area contributed by atoms with Crippen LogP contribution in [0.5, 0.6) is 11.5 Å². The van der Waals surface area contributed by atoms with E-state index in [1.54, 1.807) is 6.20 Å². The third kappa shape index (κ3) is 1.67. The molecule has 0 fully saturated rings. The van der Waals surface area contributed by atoms with Crippen molar-refractivity contribution in [3.05, 3.63) is 18.0 Å². The first-order chi connectivity index (χ1) is 5.86. The van der Waals surface area contributed by atoms with Gasteiger partial charge in [-0.2, -0.15) is 0 Å². The van der Waals surface area contributed by atoms with Crippen LogP contribution in [-0.4, -0.2) is 11.8 Å². The molecule has 1 aliphatic rings. The summed E-state index contributed by atoms with van der Waals surface area (Å²) in [5, 5.41) is 0. The van der Waals surface area contributed by atoms with Crippen LogP contribution in [-0.2, 0) is 0 Å². The Hall–Kier alpha value is -1.25. The lowest BCUT2D eigenvalue weighted by Gasteiger charge is -1.93. The Morgan fingerprint density at radius 2 is 1.92 bits per heavy atom. The molecule has 0 radical (unpaired) electrons. The van der Waals surface area contributed by atoms with E-state index in [1.165, 1.54) is 0 Å². The molecule has 0 spiro atoms. The van der Waals surface area contributed by atoms with Crippen LogP contribution < -0.4 is 9.47 Å². The van der Waals surface area contributed by atoms with Crippen LogP contribution in [0.3, 0.4) is 0 Å². The van der Waals surface area contributed by atoms with Crippen molar-refractivity contribution in [3.8, 4) is 11.5 Å². The minimum Gasteiger partial charge on any atom is -0.453 e. The van der Waals surface area contributed by atoms with E-state index in [4.69, 9.17) is 9.47 Å². The lowest BCUT2D eigenvalue weighted by Crippen LogP contribution is -1.92. The molecule has 0 unspecified atom stereocenters.